The van der Waals surface area contributed by atoms with Crippen molar-refractivity contribution in [3.63, 3.8) is 0 Å². The minimum atomic E-state index is -4.94. The van der Waals surface area contributed by atoms with E-state index in [-0.39, 0.29) is 22.5 Å². The summed E-state index contributed by atoms with van der Waals surface area (Å²) in [4.78, 5) is 14.6. The number of hydrogen-bond acceptors (Lipinski definition) is 8. The van der Waals surface area contributed by atoms with Gasteiger partial charge in [0.05, 0.1) is 22.5 Å². The van der Waals surface area contributed by atoms with Crippen LogP contribution in [0.3, 0.4) is 0 Å². The number of pyridine rings is 2. The fraction of sp³-hybridized carbons (Fsp3) is 0.500. The Labute approximate surface area is 295 Å². The van der Waals surface area contributed by atoms with Crippen LogP contribution in [0.5, 0.6) is 0 Å². The van der Waals surface area contributed by atoms with Crippen molar-refractivity contribution < 1.29 is 62.9 Å². The molecule has 0 saturated heterocycles. The van der Waals surface area contributed by atoms with Crippen LogP contribution in [0.1, 0.15) is 73.5 Å². The standard InChI is InChI=1S/2C16H14F6N4O/c2*17-15(18,19)9-1-8(5-24-12(9)23)10-6-26(14-2-7(3-14)4-14)13(25-10)11(27)16(20,21)22/h2*1,5-7,11,27H,2-4H2,(H2,23,24)/t2*7?,11-,14?/m10/s1. The van der Waals surface area contributed by atoms with Crippen LogP contribution in [0.4, 0.5) is 64.3 Å². The van der Waals surface area contributed by atoms with Crippen LogP contribution in [0.2, 0.25) is 0 Å². The average Bonchev–Trinajstić information content (AvgIpc) is 3.57. The van der Waals surface area contributed by atoms with Gasteiger partial charge in [0.15, 0.2) is 0 Å². The van der Waals surface area contributed by atoms with Crippen LogP contribution >= 0.6 is 0 Å². The summed E-state index contributed by atoms with van der Waals surface area (Å²) in [6.07, 6.45) is -16.6. The first-order valence-electron chi connectivity index (χ1n) is 16.2. The molecule has 2 atom stereocenters. The van der Waals surface area contributed by atoms with Gasteiger partial charge in [0.25, 0.3) is 0 Å². The van der Waals surface area contributed by atoms with Gasteiger partial charge >= 0.3 is 24.7 Å². The van der Waals surface area contributed by atoms with Crippen molar-refractivity contribution >= 4 is 11.6 Å². The number of aromatic nitrogens is 6. The second kappa shape index (κ2) is 11.9. The van der Waals surface area contributed by atoms with Crippen molar-refractivity contribution in [2.45, 2.75) is 86.5 Å². The molecule has 6 saturated carbocycles. The van der Waals surface area contributed by atoms with E-state index >= 15 is 0 Å². The normalized spacial score (nSPS) is 25.7. The van der Waals surface area contributed by atoms with Crippen molar-refractivity contribution in [1.29, 1.82) is 0 Å². The van der Waals surface area contributed by atoms with Gasteiger partial charge in [-0.15, -0.1) is 0 Å². The third-order valence-electron chi connectivity index (χ3n) is 10.6. The van der Waals surface area contributed by atoms with E-state index in [4.69, 9.17) is 11.5 Å². The second-order valence-corrected chi connectivity index (χ2v) is 14.3. The van der Waals surface area contributed by atoms with Crippen molar-refractivity contribution in [1.82, 2.24) is 29.1 Å². The number of halogens is 12. The third-order valence-corrected chi connectivity index (χ3v) is 10.6. The lowest BCUT2D eigenvalue weighted by molar-refractivity contribution is -0.213. The zero-order valence-electron chi connectivity index (χ0n) is 27.3. The Kier molecular flexibility index (Phi) is 8.34. The highest BCUT2D eigenvalue weighted by Gasteiger charge is 2.61. The van der Waals surface area contributed by atoms with Gasteiger partial charge in [-0.2, -0.15) is 52.7 Å². The summed E-state index contributed by atoms with van der Waals surface area (Å²) < 4.78 is 159. The first-order chi connectivity index (χ1) is 24.8. The van der Waals surface area contributed by atoms with Crippen LogP contribution < -0.4 is 11.5 Å². The number of hydrogen-bond donors (Lipinski definition) is 4. The molecule has 6 N–H and O–H groups in total. The maximum Gasteiger partial charge on any atom is 0.421 e. The maximum atomic E-state index is 13.0. The lowest BCUT2D eigenvalue weighted by Crippen LogP contribution is -2.59. The minimum absolute atomic E-state index is 0.127. The third kappa shape index (κ3) is 6.29. The van der Waals surface area contributed by atoms with Gasteiger partial charge < -0.3 is 30.8 Å². The topological polar surface area (TPSA) is 154 Å². The summed E-state index contributed by atoms with van der Waals surface area (Å²) in [5.74, 6) is -1.85. The fourth-order valence-corrected chi connectivity index (χ4v) is 7.65. The molecular formula is C32H28F12N8O2. The fourth-order valence-electron chi connectivity index (χ4n) is 7.65. The number of alkyl halides is 12. The Morgan fingerprint density at radius 2 is 0.907 bits per heavy atom. The van der Waals surface area contributed by atoms with E-state index in [1.54, 1.807) is 0 Å². The molecule has 10 nitrogen and oxygen atoms in total. The van der Waals surface area contributed by atoms with E-state index in [9.17, 15) is 62.9 Å². The van der Waals surface area contributed by atoms with Crippen molar-refractivity contribution in [2.24, 2.45) is 11.8 Å². The summed E-state index contributed by atoms with van der Waals surface area (Å²) in [7, 11) is 0. The average molecular weight is 785 g/mol. The monoisotopic (exact) mass is 784 g/mol. The number of rotatable bonds is 6. The molecule has 4 aromatic heterocycles. The highest BCUT2D eigenvalue weighted by molar-refractivity contribution is 5.63. The highest BCUT2D eigenvalue weighted by Crippen LogP contribution is 2.64. The van der Waals surface area contributed by atoms with E-state index in [1.165, 1.54) is 21.5 Å². The van der Waals surface area contributed by atoms with Crippen LogP contribution in [-0.2, 0) is 23.4 Å². The van der Waals surface area contributed by atoms with Crippen LogP contribution in [-0.4, -0.2) is 51.6 Å². The van der Waals surface area contributed by atoms with Gasteiger partial charge in [0.1, 0.15) is 23.3 Å². The first-order valence-corrected chi connectivity index (χ1v) is 16.2. The Bertz CT molecular complexity index is 1920. The summed E-state index contributed by atoms with van der Waals surface area (Å²) >= 11 is 0. The van der Waals surface area contributed by atoms with Gasteiger partial charge in [-0.25, -0.2) is 19.9 Å². The molecule has 292 valence electrons. The molecule has 6 aliphatic carbocycles. The molecule has 54 heavy (non-hydrogen) atoms. The lowest BCUT2D eigenvalue weighted by Gasteiger charge is -2.62. The Hall–Kier alpha value is -4.60. The minimum Gasteiger partial charge on any atom is -0.383 e. The lowest BCUT2D eigenvalue weighted by atomic mass is 9.49. The number of aliphatic hydroxyl groups is 2. The molecule has 10 rings (SSSR count). The van der Waals surface area contributed by atoms with E-state index in [2.05, 4.69) is 19.9 Å². The van der Waals surface area contributed by atoms with Gasteiger partial charge in [-0.1, -0.05) is 0 Å². The predicted molar refractivity (Wildman–Crippen MR) is 162 cm³/mol. The summed E-state index contributed by atoms with van der Waals surface area (Å²) in [5, 5.41) is 19.4. The van der Waals surface area contributed by atoms with Crippen molar-refractivity contribution in [3.8, 4) is 22.5 Å². The van der Waals surface area contributed by atoms with Gasteiger partial charge in [-0.05, 0) is 62.5 Å². The molecular weight excluding hydrogens is 756 g/mol. The van der Waals surface area contributed by atoms with Crippen molar-refractivity contribution in [2.75, 3.05) is 11.5 Å². The van der Waals surface area contributed by atoms with Crippen LogP contribution in [0.25, 0.3) is 22.5 Å². The molecule has 0 radical (unpaired) electrons. The molecule has 6 aliphatic rings. The molecule has 0 aromatic carbocycles. The van der Waals surface area contributed by atoms with Crippen LogP contribution in [0.15, 0.2) is 36.9 Å². The molecule has 0 aliphatic heterocycles. The van der Waals surface area contributed by atoms with E-state index in [0.717, 1.165) is 12.4 Å². The highest BCUT2D eigenvalue weighted by atomic mass is 19.4. The Morgan fingerprint density at radius 3 is 1.15 bits per heavy atom. The van der Waals surface area contributed by atoms with Crippen molar-refractivity contribution in [3.05, 3.63) is 59.7 Å². The Morgan fingerprint density at radius 1 is 0.593 bits per heavy atom. The predicted octanol–water partition coefficient (Wildman–Crippen LogP) is 7.30. The molecule has 0 spiro atoms. The number of nitrogens with zero attached hydrogens (tertiary/aromatic N) is 6. The maximum absolute atomic E-state index is 13.0. The molecule has 0 amide bonds. The number of nitrogen functional groups attached to an aromatic ring is 2. The number of anilines is 2. The summed E-state index contributed by atoms with van der Waals surface area (Å²) in [5.41, 5.74) is 6.51. The van der Waals surface area contributed by atoms with E-state index < -0.39 is 82.4 Å². The Balaban J connectivity index is 0.000000167. The van der Waals surface area contributed by atoms with Gasteiger partial charge in [0.2, 0.25) is 12.2 Å². The van der Waals surface area contributed by atoms with E-state index in [1.807, 2.05) is 0 Å². The van der Waals surface area contributed by atoms with E-state index in [0.29, 0.717) is 62.5 Å². The molecule has 6 fully saturated rings. The van der Waals surface area contributed by atoms with Gasteiger partial charge in [0, 0.05) is 47.0 Å². The summed E-state index contributed by atoms with van der Waals surface area (Å²) in [6.45, 7) is 0. The number of nitrogens with two attached hydrogens (primary N) is 2. The molecule has 4 bridgehead atoms. The largest absolute Gasteiger partial charge is 0.421 e. The SMILES string of the molecule is Nc1ncc(-c2cn(C34CC(C3)C4)c([C@@H](O)C(F)(F)F)n2)cc1C(F)(F)F.Nc1ncc(-c2cn(C34CC(C3)C4)c([C@H](O)C(F)(F)F)n2)cc1C(F)(F)F. The molecule has 4 aromatic rings. The van der Waals surface area contributed by atoms with Gasteiger partial charge in [-0.3, -0.25) is 0 Å². The smallest absolute Gasteiger partial charge is 0.383 e. The number of imidazole rings is 2. The molecule has 0 unspecified atom stereocenters. The zero-order valence-corrected chi connectivity index (χ0v) is 27.3. The molecule has 4 heterocycles. The molecule has 22 heteroatoms. The quantitative estimate of drug-likeness (QED) is 0.149. The zero-order chi connectivity index (χ0) is 39.6. The first kappa shape index (κ1) is 37.7. The van der Waals surface area contributed by atoms with Crippen LogP contribution in [0, 0.1) is 11.8 Å². The second-order valence-electron chi connectivity index (χ2n) is 14.3. The summed E-state index contributed by atoms with van der Waals surface area (Å²) in [6, 6.07) is 1.39. The number of aliphatic hydroxyl groups excluding tert-OH is 2.